The zero-order valence-electron chi connectivity index (χ0n) is 20.5. The second-order valence-corrected chi connectivity index (χ2v) is 11.1. The maximum Gasteiger partial charge on any atom is 0.330 e. The average molecular weight is 543 g/mol. The minimum Gasteiger partial charge on any atom is -0.479 e. The number of aliphatic carboxylic acids is 1. The monoisotopic (exact) mass is 542 g/mol. The Kier molecular flexibility index (Phi) is 7.44. The van der Waals surface area contributed by atoms with Gasteiger partial charge < -0.3 is 20.6 Å². The Labute approximate surface area is 220 Å². The highest BCUT2D eigenvalue weighted by molar-refractivity contribution is 7.89. The van der Waals surface area contributed by atoms with Crippen molar-refractivity contribution < 1.29 is 23.1 Å². The van der Waals surface area contributed by atoms with Gasteiger partial charge in [-0.1, -0.05) is 41.9 Å². The van der Waals surface area contributed by atoms with Gasteiger partial charge in [0.15, 0.2) is 6.04 Å². The first-order valence-corrected chi connectivity index (χ1v) is 13.3. The number of likely N-dealkylation sites (N-methyl/N-ethyl adjacent to an activating group) is 1. The highest BCUT2D eigenvalue weighted by atomic mass is 35.5. The Morgan fingerprint density at radius 3 is 2.41 bits per heavy atom. The van der Waals surface area contributed by atoms with Gasteiger partial charge in [-0.3, -0.25) is 4.79 Å². The lowest BCUT2D eigenvalue weighted by Crippen LogP contribution is -2.38. The molecule has 0 saturated carbocycles. The number of nitrogens with zero attached hydrogens (tertiary/aromatic N) is 2. The predicted molar refractivity (Wildman–Crippen MR) is 143 cm³/mol. The summed E-state index contributed by atoms with van der Waals surface area (Å²) in [6.07, 6.45) is 0. The minimum absolute atomic E-state index is 0.00549. The van der Waals surface area contributed by atoms with Crippen molar-refractivity contribution in [2.24, 2.45) is 0 Å². The van der Waals surface area contributed by atoms with Crippen LogP contribution in [-0.4, -0.2) is 56.4 Å². The number of benzene rings is 3. The molecule has 0 aliphatic carbocycles. The lowest BCUT2D eigenvalue weighted by atomic mass is 10.0. The molecule has 1 heterocycles. The third kappa shape index (κ3) is 5.13. The summed E-state index contributed by atoms with van der Waals surface area (Å²) in [6, 6.07) is 16.7. The van der Waals surface area contributed by atoms with Gasteiger partial charge in [-0.25, -0.2) is 13.2 Å². The van der Waals surface area contributed by atoms with E-state index >= 15 is 0 Å². The standard InChI is InChI=1S/C26H27ClN4O5S/c1-16-15-31(19-10-5-4-6-11-19)22-14-21(28-2)20(13-23(22)37(35,36)30(16)3)25(32)29-24(26(33)34)17-8-7-9-18(27)12-17/h4-14,16,24,28H,15H2,1-3H3,(H,29,32)(H,33,34)/t16-,24+/m1/s1. The maximum atomic E-state index is 13.6. The summed E-state index contributed by atoms with van der Waals surface area (Å²) in [6.45, 7) is 2.20. The molecule has 0 fully saturated rings. The topological polar surface area (TPSA) is 119 Å². The van der Waals surface area contributed by atoms with E-state index in [9.17, 15) is 23.1 Å². The van der Waals surface area contributed by atoms with E-state index < -0.39 is 27.9 Å². The van der Waals surface area contributed by atoms with Gasteiger partial charge in [0.1, 0.15) is 4.90 Å². The minimum atomic E-state index is -3.98. The molecule has 4 rings (SSSR count). The van der Waals surface area contributed by atoms with E-state index in [2.05, 4.69) is 10.6 Å². The van der Waals surface area contributed by atoms with E-state index in [1.54, 1.807) is 31.3 Å². The molecule has 1 amide bonds. The fraction of sp³-hybridized carbons (Fsp3) is 0.231. The molecule has 1 aliphatic rings. The molecule has 1 aliphatic heterocycles. The highest BCUT2D eigenvalue weighted by Crippen LogP contribution is 2.40. The molecule has 0 unspecified atom stereocenters. The first-order chi connectivity index (χ1) is 17.5. The van der Waals surface area contributed by atoms with Crippen LogP contribution in [0.2, 0.25) is 5.02 Å². The summed E-state index contributed by atoms with van der Waals surface area (Å²) in [7, 11) is -0.869. The number of carboxylic acids is 1. The van der Waals surface area contributed by atoms with Crippen LogP contribution in [-0.2, 0) is 14.8 Å². The van der Waals surface area contributed by atoms with Crippen LogP contribution in [0.1, 0.15) is 28.9 Å². The predicted octanol–water partition coefficient (Wildman–Crippen LogP) is 4.10. The Bertz CT molecular complexity index is 1450. The molecule has 0 bridgehead atoms. The number of halogens is 1. The van der Waals surface area contributed by atoms with Gasteiger partial charge in [-0.15, -0.1) is 0 Å². The summed E-state index contributed by atoms with van der Waals surface area (Å²) < 4.78 is 28.5. The molecule has 9 nitrogen and oxygen atoms in total. The van der Waals surface area contributed by atoms with Crippen molar-refractivity contribution in [1.82, 2.24) is 9.62 Å². The molecular weight excluding hydrogens is 516 g/mol. The summed E-state index contributed by atoms with van der Waals surface area (Å²) in [5.74, 6) is -2.03. The van der Waals surface area contributed by atoms with Crippen molar-refractivity contribution in [3.05, 3.63) is 82.9 Å². The quantitative estimate of drug-likeness (QED) is 0.429. The first kappa shape index (κ1) is 26.5. The first-order valence-electron chi connectivity index (χ1n) is 11.5. The van der Waals surface area contributed by atoms with Gasteiger partial charge in [0.25, 0.3) is 5.91 Å². The van der Waals surface area contributed by atoms with Gasteiger partial charge in [0, 0.05) is 43.1 Å². The highest BCUT2D eigenvalue weighted by Gasteiger charge is 2.37. The lowest BCUT2D eigenvalue weighted by Gasteiger charge is -2.27. The molecule has 0 aromatic heterocycles. The molecule has 0 spiro atoms. The summed E-state index contributed by atoms with van der Waals surface area (Å²) >= 11 is 6.02. The Balaban J connectivity index is 1.85. The van der Waals surface area contributed by atoms with Crippen LogP contribution in [0.3, 0.4) is 0 Å². The van der Waals surface area contributed by atoms with E-state index in [1.165, 1.54) is 23.5 Å². The molecule has 37 heavy (non-hydrogen) atoms. The van der Waals surface area contributed by atoms with Gasteiger partial charge in [0.2, 0.25) is 10.0 Å². The van der Waals surface area contributed by atoms with Crippen LogP contribution >= 0.6 is 11.6 Å². The van der Waals surface area contributed by atoms with Crippen molar-refractivity contribution in [2.75, 3.05) is 30.9 Å². The number of hydrogen-bond donors (Lipinski definition) is 3. The molecule has 3 aromatic carbocycles. The fourth-order valence-electron chi connectivity index (χ4n) is 4.29. The summed E-state index contributed by atoms with van der Waals surface area (Å²) in [4.78, 5) is 27.3. The van der Waals surface area contributed by atoms with Crippen molar-refractivity contribution in [3.63, 3.8) is 0 Å². The van der Waals surface area contributed by atoms with Crippen LogP contribution in [0, 0.1) is 0 Å². The van der Waals surface area contributed by atoms with Gasteiger partial charge >= 0.3 is 5.97 Å². The number of carbonyl (C=O) groups excluding carboxylic acids is 1. The van der Waals surface area contributed by atoms with E-state index in [0.717, 1.165) is 5.69 Å². The number of carbonyl (C=O) groups is 2. The lowest BCUT2D eigenvalue weighted by molar-refractivity contribution is -0.139. The van der Waals surface area contributed by atoms with Crippen LogP contribution in [0.5, 0.6) is 0 Å². The zero-order chi connectivity index (χ0) is 26.9. The largest absolute Gasteiger partial charge is 0.479 e. The van der Waals surface area contributed by atoms with Crippen molar-refractivity contribution >= 4 is 50.6 Å². The van der Waals surface area contributed by atoms with Crippen LogP contribution in [0.25, 0.3) is 0 Å². The van der Waals surface area contributed by atoms with Crippen molar-refractivity contribution in [3.8, 4) is 0 Å². The van der Waals surface area contributed by atoms with Gasteiger partial charge in [0.05, 0.1) is 11.3 Å². The number of para-hydroxylation sites is 1. The molecule has 0 radical (unpaired) electrons. The number of fused-ring (bicyclic) bond motifs is 1. The third-order valence-electron chi connectivity index (χ3n) is 6.40. The number of anilines is 3. The fourth-order valence-corrected chi connectivity index (χ4v) is 6.03. The van der Waals surface area contributed by atoms with Crippen molar-refractivity contribution in [2.45, 2.75) is 23.9 Å². The normalized spacial score (nSPS) is 17.8. The SMILES string of the molecule is CNc1cc2c(cc1C(=O)N[C@H](C(=O)O)c1cccc(Cl)c1)S(=O)(=O)N(C)[C@H](C)CN2c1ccccc1. The van der Waals surface area contributed by atoms with E-state index in [-0.39, 0.29) is 22.1 Å². The molecule has 2 atom stereocenters. The summed E-state index contributed by atoms with van der Waals surface area (Å²) in [5, 5.41) is 15.6. The van der Waals surface area contributed by atoms with E-state index in [4.69, 9.17) is 11.6 Å². The van der Waals surface area contributed by atoms with Crippen molar-refractivity contribution in [1.29, 1.82) is 0 Å². The molecule has 11 heteroatoms. The molecule has 3 aromatic rings. The number of carboxylic acid groups (broad SMARTS) is 1. The smallest absolute Gasteiger partial charge is 0.330 e. The molecule has 0 saturated heterocycles. The van der Waals surface area contributed by atoms with Crippen LogP contribution < -0.4 is 15.5 Å². The summed E-state index contributed by atoms with van der Waals surface area (Å²) in [5.41, 5.74) is 1.83. The van der Waals surface area contributed by atoms with E-state index in [1.807, 2.05) is 42.2 Å². The Morgan fingerprint density at radius 1 is 1.08 bits per heavy atom. The second-order valence-electron chi connectivity index (χ2n) is 8.73. The number of sulfonamides is 1. The van der Waals surface area contributed by atoms with Gasteiger partial charge in [-0.05, 0) is 48.9 Å². The molecular formula is C26H27ClN4O5S. The van der Waals surface area contributed by atoms with E-state index in [0.29, 0.717) is 22.9 Å². The number of amides is 1. The van der Waals surface area contributed by atoms with Gasteiger partial charge in [-0.2, -0.15) is 4.31 Å². The maximum absolute atomic E-state index is 13.6. The number of rotatable bonds is 6. The zero-order valence-corrected chi connectivity index (χ0v) is 22.0. The number of nitrogens with one attached hydrogen (secondary N) is 2. The molecule has 194 valence electrons. The average Bonchev–Trinajstić information content (AvgIpc) is 2.95. The molecule has 3 N–H and O–H groups in total. The Morgan fingerprint density at radius 2 is 1.78 bits per heavy atom. The Hall–Kier alpha value is -3.60. The number of hydrogen-bond acceptors (Lipinski definition) is 6. The van der Waals surface area contributed by atoms with Crippen LogP contribution in [0.15, 0.2) is 71.6 Å². The second kappa shape index (κ2) is 10.4. The van der Waals surface area contributed by atoms with Crippen LogP contribution in [0.4, 0.5) is 17.1 Å². The third-order valence-corrected chi connectivity index (χ3v) is 8.64.